The molecule has 1 N–H and O–H groups in total. The Morgan fingerprint density at radius 1 is 1.22 bits per heavy atom. The second-order valence-electron chi connectivity index (χ2n) is 5.32. The highest BCUT2D eigenvalue weighted by molar-refractivity contribution is 5.80. The Hall–Kier alpha value is -1.57. The van der Waals surface area contributed by atoms with E-state index in [0.717, 1.165) is 17.3 Å². The van der Waals surface area contributed by atoms with E-state index in [1.54, 1.807) is 0 Å². The number of rotatable bonds is 5. The highest BCUT2D eigenvalue weighted by atomic mass is 15.0. The summed E-state index contributed by atoms with van der Waals surface area (Å²) < 4.78 is 0. The number of aromatic nitrogens is 1. The second kappa shape index (κ2) is 4.97. The minimum atomic E-state index is 0.575. The van der Waals surface area contributed by atoms with Gasteiger partial charge in [-0.1, -0.05) is 38.0 Å². The molecule has 94 valence electrons. The lowest BCUT2D eigenvalue weighted by Gasteiger charge is -2.17. The lowest BCUT2D eigenvalue weighted by Crippen LogP contribution is -2.19. The van der Waals surface area contributed by atoms with Crippen molar-refractivity contribution in [2.75, 3.05) is 5.32 Å². The number of fused-ring (bicyclic) bond motifs is 1. The van der Waals surface area contributed by atoms with Gasteiger partial charge in [0.15, 0.2) is 0 Å². The number of para-hydroxylation sites is 1. The summed E-state index contributed by atoms with van der Waals surface area (Å²) in [5.41, 5.74) is 1.07. The molecule has 0 amide bonds. The van der Waals surface area contributed by atoms with Gasteiger partial charge in [0.2, 0.25) is 0 Å². The molecule has 0 aliphatic heterocycles. The van der Waals surface area contributed by atoms with Crippen LogP contribution >= 0.6 is 0 Å². The van der Waals surface area contributed by atoms with Crippen LogP contribution in [0.15, 0.2) is 36.4 Å². The van der Waals surface area contributed by atoms with Gasteiger partial charge in [-0.2, -0.15) is 0 Å². The Balaban J connectivity index is 1.76. The average molecular weight is 240 g/mol. The van der Waals surface area contributed by atoms with E-state index >= 15 is 0 Å². The van der Waals surface area contributed by atoms with Gasteiger partial charge in [-0.15, -0.1) is 0 Å². The molecule has 2 aromatic rings. The molecule has 1 saturated carbocycles. The van der Waals surface area contributed by atoms with Crippen LogP contribution in [0.4, 0.5) is 5.82 Å². The van der Waals surface area contributed by atoms with Gasteiger partial charge in [0, 0.05) is 11.4 Å². The molecule has 0 radical (unpaired) electrons. The van der Waals surface area contributed by atoms with Crippen LogP contribution in [0.25, 0.3) is 10.9 Å². The zero-order chi connectivity index (χ0) is 12.4. The first-order chi connectivity index (χ1) is 8.85. The summed E-state index contributed by atoms with van der Waals surface area (Å²) >= 11 is 0. The van der Waals surface area contributed by atoms with E-state index in [1.165, 1.54) is 31.1 Å². The van der Waals surface area contributed by atoms with Crippen LogP contribution in [-0.4, -0.2) is 11.0 Å². The van der Waals surface area contributed by atoms with Crippen molar-refractivity contribution in [1.29, 1.82) is 0 Å². The van der Waals surface area contributed by atoms with Gasteiger partial charge in [0.05, 0.1) is 5.52 Å². The minimum Gasteiger partial charge on any atom is -0.367 e. The summed E-state index contributed by atoms with van der Waals surface area (Å²) in [6.07, 6.45) is 5.31. The van der Waals surface area contributed by atoms with E-state index in [4.69, 9.17) is 0 Å². The monoisotopic (exact) mass is 240 g/mol. The Morgan fingerprint density at radius 2 is 2.06 bits per heavy atom. The predicted octanol–water partition coefficient (Wildman–Crippen LogP) is 4.23. The molecule has 0 saturated heterocycles. The third-order valence-corrected chi connectivity index (χ3v) is 3.76. The number of anilines is 1. The maximum absolute atomic E-state index is 4.68. The predicted molar refractivity (Wildman–Crippen MR) is 76.8 cm³/mol. The number of nitrogens with zero attached hydrogens (tertiary/aromatic N) is 1. The van der Waals surface area contributed by atoms with E-state index in [0.29, 0.717) is 6.04 Å². The molecular formula is C16H20N2. The van der Waals surface area contributed by atoms with Crippen LogP contribution in [0.3, 0.4) is 0 Å². The van der Waals surface area contributed by atoms with Crippen molar-refractivity contribution in [2.24, 2.45) is 5.92 Å². The standard InChI is InChI=1S/C16H20N2/c1-2-14(11-12-7-8-12)17-16-10-9-13-5-3-4-6-15(13)18-16/h3-6,9-10,12,14H,2,7-8,11H2,1H3,(H,17,18). The molecule has 2 heteroatoms. The molecular weight excluding hydrogens is 220 g/mol. The SMILES string of the molecule is CCC(CC1CC1)Nc1ccc2ccccc2n1. The molecule has 1 aromatic carbocycles. The van der Waals surface area contributed by atoms with Crippen molar-refractivity contribution >= 4 is 16.7 Å². The molecule has 0 bridgehead atoms. The molecule has 1 aliphatic carbocycles. The van der Waals surface area contributed by atoms with Crippen LogP contribution in [0.1, 0.15) is 32.6 Å². The average Bonchev–Trinajstić information content (AvgIpc) is 3.22. The van der Waals surface area contributed by atoms with Crippen LogP contribution in [0.5, 0.6) is 0 Å². The lowest BCUT2D eigenvalue weighted by molar-refractivity contribution is 0.585. The zero-order valence-corrected chi connectivity index (χ0v) is 10.9. The first-order valence-corrected chi connectivity index (χ1v) is 6.97. The first kappa shape index (κ1) is 11.5. The van der Waals surface area contributed by atoms with E-state index in [9.17, 15) is 0 Å². The second-order valence-corrected chi connectivity index (χ2v) is 5.32. The molecule has 1 heterocycles. The van der Waals surface area contributed by atoms with E-state index in [-0.39, 0.29) is 0 Å². The molecule has 1 aromatic heterocycles. The maximum Gasteiger partial charge on any atom is 0.126 e. The van der Waals surface area contributed by atoms with Crippen molar-refractivity contribution in [3.8, 4) is 0 Å². The molecule has 0 spiro atoms. The summed E-state index contributed by atoms with van der Waals surface area (Å²) in [6, 6.07) is 13.1. The molecule has 3 rings (SSSR count). The van der Waals surface area contributed by atoms with Crippen molar-refractivity contribution in [1.82, 2.24) is 4.98 Å². The van der Waals surface area contributed by atoms with Gasteiger partial charge in [0.1, 0.15) is 5.82 Å². The van der Waals surface area contributed by atoms with Gasteiger partial charge in [-0.25, -0.2) is 4.98 Å². The summed E-state index contributed by atoms with van der Waals surface area (Å²) in [4.78, 5) is 4.68. The Bertz CT molecular complexity index is 531. The Labute approximate surface area is 108 Å². The van der Waals surface area contributed by atoms with Gasteiger partial charge < -0.3 is 5.32 Å². The summed E-state index contributed by atoms with van der Waals surface area (Å²) in [5, 5.41) is 4.79. The van der Waals surface area contributed by atoms with Gasteiger partial charge in [-0.05, 0) is 37.0 Å². The lowest BCUT2D eigenvalue weighted by atomic mass is 10.1. The van der Waals surface area contributed by atoms with E-state index in [2.05, 4.69) is 47.6 Å². The third kappa shape index (κ3) is 2.63. The van der Waals surface area contributed by atoms with Crippen molar-refractivity contribution in [3.63, 3.8) is 0 Å². The maximum atomic E-state index is 4.68. The molecule has 1 aliphatic rings. The van der Waals surface area contributed by atoms with Gasteiger partial charge >= 0.3 is 0 Å². The minimum absolute atomic E-state index is 0.575. The number of nitrogens with one attached hydrogen (secondary N) is 1. The molecule has 2 nitrogen and oxygen atoms in total. The Kier molecular flexibility index (Phi) is 3.18. The molecule has 1 unspecified atom stereocenters. The quantitative estimate of drug-likeness (QED) is 0.846. The molecule has 1 atom stereocenters. The van der Waals surface area contributed by atoms with Crippen molar-refractivity contribution in [2.45, 2.75) is 38.6 Å². The zero-order valence-electron chi connectivity index (χ0n) is 10.9. The normalized spacial score (nSPS) is 16.7. The molecule has 1 fully saturated rings. The summed E-state index contributed by atoms with van der Waals surface area (Å²) in [7, 11) is 0. The van der Waals surface area contributed by atoms with Gasteiger partial charge in [-0.3, -0.25) is 0 Å². The first-order valence-electron chi connectivity index (χ1n) is 6.97. The summed E-state index contributed by atoms with van der Waals surface area (Å²) in [6.45, 7) is 2.25. The fraction of sp³-hybridized carbons (Fsp3) is 0.438. The van der Waals surface area contributed by atoms with E-state index < -0.39 is 0 Å². The van der Waals surface area contributed by atoms with E-state index in [1.807, 2.05) is 6.07 Å². The highest BCUT2D eigenvalue weighted by Crippen LogP contribution is 2.34. The Morgan fingerprint density at radius 3 is 2.83 bits per heavy atom. The number of benzene rings is 1. The van der Waals surface area contributed by atoms with Crippen molar-refractivity contribution in [3.05, 3.63) is 36.4 Å². The number of hydrogen-bond acceptors (Lipinski definition) is 2. The van der Waals surface area contributed by atoms with Gasteiger partial charge in [0.25, 0.3) is 0 Å². The highest BCUT2D eigenvalue weighted by Gasteiger charge is 2.24. The van der Waals surface area contributed by atoms with Crippen LogP contribution < -0.4 is 5.32 Å². The topological polar surface area (TPSA) is 24.9 Å². The molecule has 18 heavy (non-hydrogen) atoms. The van der Waals surface area contributed by atoms with Crippen LogP contribution in [-0.2, 0) is 0 Å². The number of pyridine rings is 1. The van der Waals surface area contributed by atoms with Crippen molar-refractivity contribution < 1.29 is 0 Å². The third-order valence-electron chi connectivity index (χ3n) is 3.76. The van der Waals surface area contributed by atoms with Crippen LogP contribution in [0, 0.1) is 5.92 Å². The number of hydrogen-bond donors (Lipinski definition) is 1. The van der Waals surface area contributed by atoms with Crippen LogP contribution in [0.2, 0.25) is 0 Å². The largest absolute Gasteiger partial charge is 0.367 e. The fourth-order valence-corrected chi connectivity index (χ4v) is 2.44. The fourth-order valence-electron chi connectivity index (χ4n) is 2.44. The summed E-state index contributed by atoms with van der Waals surface area (Å²) in [5.74, 6) is 1.98. The smallest absolute Gasteiger partial charge is 0.126 e.